The summed E-state index contributed by atoms with van der Waals surface area (Å²) in [6.07, 6.45) is 0. The minimum atomic E-state index is 0.701. The van der Waals surface area contributed by atoms with Crippen molar-refractivity contribution >= 4 is 27.3 Å². The second kappa shape index (κ2) is 4.33. The molecule has 0 spiro atoms. The molecule has 0 aliphatic heterocycles. The molecule has 1 heterocycles. The summed E-state index contributed by atoms with van der Waals surface area (Å²) in [7, 11) is 0. The molecule has 0 fully saturated rings. The van der Waals surface area contributed by atoms with Gasteiger partial charge < -0.3 is 4.74 Å². The van der Waals surface area contributed by atoms with Crippen molar-refractivity contribution in [2.75, 3.05) is 0 Å². The summed E-state index contributed by atoms with van der Waals surface area (Å²) in [6.45, 7) is 4.03. The van der Waals surface area contributed by atoms with Crippen LogP contribution in [-0.2, 0) is 0 Å². The summed E-state index contributed by atoms with van der Waals surface area (Å²) in [5, 5.41) is 0.701. The van der Waals surface area contributed by atoms with E-state index in [-0.39, 0.29) is 0 Å². The van der Waals surface area contributed by atoms with Gasteiger partial charge in [-0.25, -0.2) is 4.98 Å². The molecule has 0 radical (unpaired) electrons. The second-order valence-corrected chi connectivity index (χ2v) is 5.26. The molecule has 0 unspecified atom stereocenters. The lowest BCUT2D eigenvalue weighted by molar-refractivity contribution is 0.478. The first-order valence-corrected chi connectivity index (χ1v) is 6.13. The molecule has 1 aromatic carbocycles. The second-order valence-electron chi connectivity index (χ2n) is 3.18. The van der Waals surface area contributed by atoms with Crippen LogP contribution in [-0.4, -0.2) is 4.98 Å². The Morgan fingerprint density at radius 3 is 2.40 bits per heavy atom. The van der Waals surface area contributed by atoms with E-state index in [1.165, 1.54) is 4.88 Å². The molecular formula is C11H10BrNOS. The summed E-state index contributed by atoms with van der Waals surface area (Å²) in [4.78, 5) is 5.51. The van der Waals surface area contributed by atoms with Gasteiger partial charge in [0.1, 0.15) is 5.75 Å². The van der Waals surface area contributed by atoms with Crippen molar-refractivity contribution in [3.05, 3.63) is 39.3 Å². The van der Waals surface area contributed by atoms with Crippen LogP contribution in [0.1, 0.15) is 10.6 Å². The predicted octanol–water partition coefficient (Wildman–Crippen LogP) is 4.31. The van der Waals surface area contributed by atoms with Crippen molar-refractivity contribution in [1.29, 1.82) is 0 Å². The average Bonchev–Trinajstić information content (AvgIpc) is 2.50. The van der Waals surface area contributed by atoms with Gasteiger partial charge in [0.25, 0.3) is 5.19 Å². The van der Waals surface area contributed by atoms with Crippen LogP contribution in [0.25, 0.3) is 0 Å². The summed E-state index contributed by atoms with van der Waals surface area (Å²) in [6, 6.07) is 7.72. The number of rotatable bonds is 2. The quantitative estimate of drug-likeness (QED) is 0.819. The Bertz CT molecular complexity index is 444. The minimum absolute atomic E-state index is 0.701. The number of nitrogens with zero attached hydrogens (tertiary/aromatic N) is 1. The van der Waals surface area contributed by atoms with Crippen LogP contribution in [0.2, 0.25) is 0 Å². The zero-order valence-electron chi connectivity index (χ0n) is 8.45. The molecule has 0 saturated carbocycles. The first-order chi connectivity index (χ1) is 7.15. The Hall–Kier alpha value is -0.870. The van der Waals surface area contributed by atoms with E-state index in [1.54, 1.807) is 11.3 Å². The van der Waals surface area contributed by atoms with E-state index in [2.05, 4.69) is 20.9 Å². The first kappa shape index (κ1) is 10.6. The summed E-state index contributed by atoms with van der Waals surface area (Å²) in [5.74, 6) is 0.812. The predicted molar refractivity (Wildman–Crippen MR) is 65.8 cm³/mol. The topological polar surface area (TPSA) is 22.1 Å². The number of hydrogen-bond acceptors (Lipinski definition) is 3. The fourth-order valence-corrected chi connectivity index (χ4v) is 2.13. The van der Waals surface area contributed by atoms with Crippen LogP contribution in [0.4, 0.5) is 0 Å². The molecule has 15 heavy (non-hydrogen) atoms. The summed E-state index contributed by atoms with van der Waals surface area (Å²) >= 11 is 4.95. The molecule has 0 atom stereocenters. The molecular weight excluding hydrogens is 274 g/mol. The van der Waals surface area contributed by atoms with Gasteiger partial charge in [0, 0.05) is 9.35 Å². The fraction of sp³-hybridized carbons (Fsp3) is 0.182. The standard InChI is InChI=1S/C11H10BrNOS/c1-7-8(2)15-11(13-7)14-10-5-3-9(12)4-6-10/h3-6H,1-2H3. The van der Waals surface area contributed by atoms with E-state index < -0.39 is 0 Å². The Labute approximate surface area is 101 Å². The number of thiazole rings is 1. The van der Waals surface area contributed by atoms with Crippen LogP contribution in [0.15, 0.2) is 28.7 Å². The van der Waals surface area contributed by atoms with E-state index in [9.17, 15) is 0 Å². The summed E-state index contributed by atoms with van der Waals surface area (Å²) < 4.78 is 6.66. The monoisotopic (exact) mass is 283 g/mol. The molecule has 0 aliphatic carbocycles. The van der Waals surface area contributed by atoms with Crippen molar-refractivity contribution in [2.24, 2.45) is 0 Å². The molecule has 0 bridgehead atoms. The van der Waals surface area contributed by atoms with Gasteiger partial charge in [-0.1, -0.05) is 27.3 Å². The summed E-state index contributed by atoms with van der Waals surface area (Å²) in [5.41, 5.74) is 1.03. The Morgan fingerprint density at radius 1 is 1.20 bits per heavy atom. The largest absolute Gasteiger partial charge is 0.431 e. The highest BCUT2D eigenvalue weighted by atomic mass is 79.9. The third kappa shape index (κ3) is 2.58. The lowest BCUT2D eigenvalue weighted by Gasteiger charge is -2.00. The van der Waals surface area contributed by atoms with Gasteiger partial charge in [0.05, 0.1) is 5.69 Å². The maximum Gasteiger partial charge on any atom is 0.279 e. The lowest BCUT2D eigenvalue weighted by atomic mass is 10.3. The number of benzene rings is 1. The third-order valence-corrected chi connectivity index (χ3v) is 3.51. The minimum Gasteiger partial charge on any atom is -0.431 e. The maximum absolute atomic E-state index is 5.62. The molecule has 0 saturated heterocycles. The van der Waals surface area contributed by atoms with Crippen LogP contribution in [0, 0.1) is 13.8 Å². The molecule has 0 N–H and O–H groups in total. The molecule has 2 rings (SSSR count). The van der Waals surface area contributed by atoms with E-state index in [0.29, 0.717) is 5.19 Å². The van der Waals surface area contributed by atoms with Crippen molar-refractivity contribution in [2.45, 2.75) is 13.8 Å². The van der Waals surface area contributed by atoms with Gasteiger partial charge >= 0.3 is 0 Å². The zero-order valence-corrected chi connectivity index (χ0v) is 10.9. The highest BCUT2D eigenvalue weighted by Crippen LogP contribution is 2.28. The number of aromatic nitrogens is 1. The number of aryl methyl sites for hydroxylation is 2. The Morgan fingerprint density at radius 2 is 1.87 bits per heavy atom. The molecule has 1 aromatic heterocycles. The molecule has 78 valence electrons. The van der Waals surface area contributed by atoms with Crippen molar-refractivity contribution in [1.82, 2.24) is 4.98 Å². The van der Waals surface area contributed by atoms with Crippen molar-refractivity contribution < 1.29 is 4.74 Å². The zero-order chi connectivity index (χ0) is 10.8. The van der Waals surface area contributed by atoms with Gasteiger partial charge in [0.2, 0.25) is 0 Å². The van der Waals surface area contributed by atoms with E-state index in [1.807, 2.05) is 38.1 Å². The van der Waals surface area contributed by atoms with Gasteiger partial charge in [-0.3, -0.25) is 0 Å². The smallest absolute Gasteiger partial charge is 0.279 e. The molecule has 0 amide bonds. The fourth-order valence-electron chi connectivity index (χ4n) is 1.09. The van der Waals surface area contributed by atoms with Gasteiger partial charge in [-0.2, -0.15) is 0 Å². The van der Waals surface area contributed by atoms with Crippen molar-refractivity contribution in [3.8, 4) is 10.9 Å². The Balaban J connectivity index is 2.18. The van der Waals surface area contributed by atoms with Crippen LogP contribution < -0.4 is 4.74 Å². The molecule has 0 aliphatic rings. The van der Waals surface area contributed by atoms with E-state index in [0.717, 1.165) is 15.9 Å². The molecule has 2 nitrogen and oxygen atoms in total. The van der Waals surface area contributed by atoms with E-state index in [4.69, 9.17) is 4.74 Å². The van der Waals surface area contributed by atoms with Gasteiger partial charge in [0.15, 0.2) is 0 Å². The first-order valence-electron chi connectivity index (χ1n) is 4.52. The Kier molecular flexibility index (Phi) is 3.07. The number of ether oxygens (including phenoxy) is 1. The number of halogens is 1. The molecule has 4 heteroatoms. The normalized spacial score (nSPS) is 10.3. The SMILES string of the molecule is Cc1nc(Oc2ccc(Br)cc2)sc1C. The van der Waals surface area contributed by atoms with Crippen molar-refractivity contribution in [3.63, 3.8) is 0 Å². The van der Waals surface area contributed by atoms with E-state index >= 15 is 0 Å². The van der Waals surface area contributed by atoms with Crippen LogP contribution in [0.5, 0.6) is 10.9 Å². The lowest BCUT2D eigenvalue weighted by Crippen LogP contribution is -1.82. The maximum atomic E-state index is 5.62. The average molecular weight is 284 g/mol. The number of hydrogen-bond donors (Lipinski definition) is 0. The molecule has 2 aromatic rings. The highest BCUT2D eigenvalue weighted by molar-refractivity contribution is 9.10. The van der Waals surface area contributed by atoms with Crippen LogP contribution >= 0.6 is 27.3 Å². The van der Waals surface area contributed by atoms with Gasteiger partial charge in [-0.15, -0.1) is 0 Å². The third-order valence-electron chi connectivity index (χ3n) is 2.03. The highest BCUT2D eigenvalue weighted by Gasteiger charge is 2.05. The van der Waals surface area contributed by atoms with Crippen LogP contribution in [0.3, 0.4) is 0 Å². The van der Waals surface area contributed by atoms with Gasteiger partial charge in [-0.05, 0) is 38.1 Å².